The van der Waals surface area contributed by atoms with Crippen LogP contribution in [-0.2, 0) is 0 Å². The fraction of sp³-hybridized carbons (Fsp3) is 0.625. The predicted octanol–water partition coefficient (Wildman–Crippen LogP) is 3.05. The van der Waals surface area contributed by atoms with Crippen LogP contribution in [0.5, 0.6) is 5.75 Å². The fourth-order valence-corrected chi connectivity index (χ4v) is 2.75. The smallest absolute Gasteiger partial charge is 0.121 e. The third-order valence-corrected chi connectivity index (χ3v) is 3.75. The van der Waals surface area contributed by atoms with Crippen molar-refractivity contribution in [3.8, 4) is 5.75 Å². The molecule has 0 aromatic heterocycles. The first kappa shape index (κ1) is 14.2. The van der Waals surface area contributed by atoms with E-state index in [0.717, 1.165) is 25.4 Å². The van der Waals surface area contributed by atoms with E-state index < -0.39 is 0 Å². The quantitative estimate of drug-likeness (QED) is 0.882. The molecule has 3 nitrogen and oxygen atoms in total. The molecule has 0 bridgehead atoms. The van der Waals surface area contributed by atoms with Gasteiger partial charge in [-0.2, -0.15) is 0 Å². The molecule has 0 spiro atoms. The second-order valence-corrected chi connectivity index (χ2v) is 5.33. The van der Waals surface area contributed by atoms with Crippen molar-refractivity contribution in [2.75, 3.05) is 24.6 Å². The van der Waals surface area contributed by atoms with E-state index in [0.29, 0.717) is 12.1 Å². The van der Waals surface area contributed by atoms with Crippen molar-refractivity contribution in [1.82, 2.24) is 5.32 Å². The van der Waals surface area contributed by atoms with Gasteiger partial charge in [-0.25, -0.2) is 0 Å². The summed E-state index contributed by atoms with van der Waals surface area (Å²) < 4.78 is 5.60. The fourth-order valence-electron chi connectivity index (χ4n) is 2.75. The lowest BCUT2D eigenvalue weighted by Gasteiger charge is -2.40. The van der Waals surface area contributed by atoms with Crippen LogP contribution in [0.1, 0.15) is 33.6 Å². The maximum absolute atomic E-state index is 5.60. The van der Waals surface area contributed by atoms with E-state index in [9.17, 15) is 0 Å². The minimum absolute atomic E-state index is 0.532. The lowest BCUT2D eigenvalue weighted by Crippen LogP contribution is -2.55. The van der Waals surface area contributed by atoms with Gasteiger partial charge < -0.3 is 15.0 Å². The molecule has 1 aromatic rings. The molecule has 1 fully saturated rings. The highest BCUT2D eigenvalue weighted by Gasteiger charge is 2.24. The first-order valence-electron chi connectivity index (χ1n) is 7.47. The van der Waals surface area contributed by atoms with E-state index in [1.54, 1.807) is 0 Å². The topological polar surface area (TPSA) is 24.5 Å². The maximum atomic E-state index is 5.60. The van der Waals surface area contributed by atoms with Crippen LogP contribution in [0.25, 0.3) is 0 Å². The number of ether oxygens (including phenoxy) is 1. The summed E-state index contributed by atoms with van der Waals surface area (Å²) in [7, 11) is 0. The molecule has 0 aliphatic carbocycles. The Bertz CT molecular complexity index is 394. The summed E-state index contributed by atoms with van der Waals surface area (Å²) in [5, 5.41) is 3.64. The normalized spacial score (nSPS) is 23.4. The molecule has 1 aromatic carbocycles. The Hall–Kier alpha value is -1.22. The van der Waals surface area contributed by atoms with Crippen molar-refractivity contribution < 1.29 is 4.74 Å². The largest absolute Gasteiger partial charge is 0.494 e. The average molecular weight is 262 g/mol. The summed E-state index contributed by atoms with van der Waals surface area (Å²) in [4.78, 5) is 2.50. The lowest BCUT2D eigenvalue weighted by atomic mass is 10.0. The third kappa shape index (κ3) is 3.63. The monoisotopic (exact) mass is 262 g/mol. The molecule has 2 unspecified atom stereocenters. The zero-order chi connectivity index (χ0) is 13.7. The van der Waals surface area contributed by atoms with Crippen molar-refractivity contribution in [2.24, 2.45) is 0 Å². The highest BCUT2D eigenvalue weighted by Crippen LogP contribution is 2.25. The summed E-state index contributed by atoms with van der Waals surface area (Å²) in [6.07, 6.45) is 2.48. The number of benzene rings is 1. The van der Waals surface area contributed by atoms with Crippen LogP contribution >= 0.6 is 0 Å². The van der Waals surface area contributed by atoms with Gasteiger partial charge in [-0.15, -0.1) is 0 Å². The molecule has 0 radical (unpaired) electrons. The number of anilines is 1. The van der Waals surface area contributed by atoms with Crippen molar-refractivity contribution in [3.05, 3.63) is 24.3 Å². The van der Waals surface area contributed by atoms with Crippen LogP contribution in [0, 0.1) is 0 Å². The van der Waals surface area contributed by atoms with E-state index in [1.807, 2.05) is 13.0 Å². The molecule has 0 saturated carbocycles. The van der Waals surface area contributed by atoms with Gasteiger partial charge in [0.25, 0.3) is 0 Å². The van der Waals surface area contributed by atoms with Crippen molar-refractivity contribution in [3.63, 3.8) is 0 Å². The van der Waals surface area contributed by atoms with Gasteiger partial charge >= 0.3 is 0 Å². The standard InChI is InChI=1S/C16H26N2O/c1-4-7-14-12-18(13(3)11-17-14)15-8-6-9-16(10-15)19-5-2/h6,8-10,13-14,17H,4-5,7,11-12H2,1-3H3. The summed E-state index contributed by atoms with van der Waals surface area (Å²) in [6, 6.07) is 9.61. The van der Waals surface area contributed by atoms with Crippen molar-refractivity contribution >= 4 is 5.69 Å². The van der Waals surface area contributed by atoms with E-state index in [-0.39, 0.29) is 0 Å². The molecule has 1 N–H and O–H groups in total. The number of hydrogen-bond donors (Lipinski definition) is 1. The summed E-state index contributed by atoms with van der Waals surface area (Å²) in [6.45, 7) is 9.42. The molecule has 106 valence electrons. The predicted molar refractivity (Wildman–Crippen MR) is 81.1 cm³/mol. The molecule has 1 heterocycles. The van der Waals surface area contributed by atoms with Crippen LogP contribution in [0.4, 0.5) is 5.69 Å². The van der Waals surface area contributed by atoms with Gasteiger partial charge in [0.2, 0.25) is 0 Å². The van der Waals surface area contributed by atoms with Crippen LogP contribution in [0.2, 0.25) is 0 Å². The number of piperazine rings is 1. The van der Waals surface area contributed by atoms with Gasteiger partial charge in [0, 0.05) is 36.9 Å². The van der Waals surface area contributed by atoms with Crippen molar-refractivity contribution in [2.45, 2.75) is 45.7 Å². The molecule has 1 aliphatic heterocycles. The number of rotatable bonds is 5. The highest BCUT2D eigenvalue weighted by molar-refractivity contribution is 5.52. The van der Waals surface area contributed by atoms with Gasteiger partial charge in [-0.3, -0.25) is 0 Å². The summed E-state index contributed by atoms with van der Waals surface area (Å²) in [5.41, 5.74) is 1.28. The minimum Gasteiger partial charge on any atom is -0.494 e. The number of hydrogen-bond acceptors (Lipinski definition) is 3. The SMILES string of the molecule is CCCC1CN(c2cccc(OCC)c2)C(C)CN1. The Labute approximate surface area is 116 Å². The summed E-state index contributed by atoms with van der Waals surface area (Å²) >= 11 is 0. The Morgan fingerprint density at radius 1 is 1.37 bits per heavy atom. The minimum atomic E-state index is 0.532. The molecule has 3 heteroatoms. The van der Waals surface area contributed by atoms with Gasteiger partial charge in [0.05, 0.1) is 6.61 Å². The van der Waals surface area contributed by atoms with Crippen LogP contribution in [0.15, 0.2) is 24.3 Å². The second kappa shape index (κ2) is 6.80. The highest BCUT2D eigenvalue weighted by atomic mass is 16.5. The Morgan fingerprint density at radius 3 is 2.95 bits per heavy atom. The Balaban J connectivity index is 2.11. The molecule has 2 rings (SSSR count). The molecule has 19 heavy (non-hydrogen) atoms. The van der Waals surface area contributed by atoms with Gasteiger partial charge in [-0.05, 0) is 32.4 Å². The first-order valence-corrected chi connectivity index (χ1v) is 7.47. The molecular formula is C16H26N2O. The van der Waals surface area contributed by atoms with E-state index in [4.69, 9.17) is 4.74 Å². The molecule has 0 amide bonds. The van der Waals surface area contributed by atoms with E-state index in [1.165, 1.54) is 18.5 Å². The number of nitrogens with zero attached hydrogens (tertiary/aromatic N) is 1. The second-order valence-electron chi connectivity index (χ2n) is 5.33. The maximum Gasteiger partial charge on any atom is 0.121 e. The average Bonchev–Trinajstić information content (AvgIpc) is 2.42. The van der Waals surface area contributed by atoms with E-state index >= 15 is 0 Å². The Kier molecular flexibility index (Phi) is 5.08. The van der Waals surface area contributed by atoms with E-state index in [2.05, 4.69) is 42.3 Å². The summed E-state index contributed by atoms with van der Waals surface area (Å²) in [5.74, 6) is 0.970. The van der Waals surface area contributed by atoms with Gasteiger partial charge in [0.1, 0.15) is 5.75 Å². The lowest BCUT2D eigenvalue weighted by molar-refractivity contribution is 0.339. The molecule has 2 atom stereocenters. The molecule has 1 aliphatic rings. The van der Waals surface area contributed by atoms with Crippen LogP contribution in [0.3, 0.4) is 0 Å². The first-order chi connectivity index (χ1) is 9.24. The van der Waals surface area contributed by atoms with Gasteiger partial charge in [-0.1, -0.05) is 19.4 Å². The zero-order valence-corrected chi connectivity index (χ0v) is 12.4. The molecule has 1 saturated heterocycles. The van der Waals surface area contributed by atoms with Crippen LogP contribution < -0.4 is 15.0 Å². The van der Waals surface area contributed by atoms with Gasteiger partial charge in [0.15, 0.2) is 0 Å². The zero-order valence-electron chi connectivity index (χ0n) is 12.4. The van der Waals surface area contributed by atoms with Crippen LogP contribution in [-0.4, -0.2) is 31.8 Å². The molecular weight excluding hydrogens is 236 g/mol. The third-order valence-electron chi connectivity index (χ3n) is 3.75. The van der Waals surface area contributed by atoms with Crippen molar-refractivity contribution in [1.29, 1.82) is 0 Å². The number of nitrogens with one attached hydrogen (secondary N) is 1. The Morgan fingerprint density at radius 2 is 2.21 bits per heavy atom.